The number of carbonyl (C=O) groups excluding carboxylic acids is 1. The summed E-state index contributed by atoms with van der Waals surface area (Å²) < 4.78 is 48.2. The lowest BCUT2D eigenvalue weighted by molar-refractivity contribution is -0.128. The Hall–Kier alpha value is -2.15. The van der Waals surface area contributed by atoms with Gasteiger partial charge in [0, 0.05) is 10.8 Å². The predicted molar refractivity (Wildman–Crippen MR) is 128 cm³/mol. The first-order valence-electron chi connectivity index (χ1n) is 11.0. The molecule has 2 aromatic carbocycles. The Morgan fingerprint density at radius 1 is 0.879 bits per heavy atom. The van der Waals surface area contributed by atoms with Crippen LogP contribution < -0.4 is 8.92 Å². The molecule has 0 saturated heterocycles. The van der Waals surface area contributed by atoms with E-state index in [1.165, 1.54) is 0 Å². The van der Waals surface area contributed by atoms with Crippen molar-refractivity contribution in [1.29, 1.82) is 0 Å². The molecule has 0 fully saturated rings. The lowest BCUT2D eigenvalue weighted by atomic mass is 9.70. The summed E-state index contributed by atoms with van der Waals surface area (Å²) in [6, 6.07) is 11.3. The van der Waals surface area contributed by atoms with Crippen molar-refractivity contribution in [3.05, 3.63) is 58.7 Å². The van der Waals surface area contributed by atoms with E-state index in [9.17, 15) is 18.0 Å². The molecule has 0 aromatic heterocycles. The standard InChI is InChI=1S/C26H33F3O3S/c1-8-25(9-2,20-11-13-22(18(4)15-20)32-33-26(27,28)29)19-10-12-21(17(3)14-19)31-16-23(30)24(5,6)7/h10-15H,8-9,16H2,1-7H3. The minimum atomic E-state index is -4.46. The fourth-order valence-corrected chi connectivity index (χ4v) is 4.21. The van der Waals surface area contributed by atoms with Crippen LogP contribution in [-0.2, 0) is 10.2 Å². The summed E-state index contributed by atoms with van der Waals surface area (Å²) >= 11 is -0.504. The second kappa shape index (κ2) is 10.4. The van der Waals surface area contributed by atoms with Gasteiger partial charge in [-0.05, 0) is 61.1 Å². The van der Waals surface area contributed by atoms with E-state index in [1.54, 1.807) is 13.0 Å². The number of carbonyl (C=O) groups is 1. The van der Waals surface area contributed by atoms with Crippen molar-refractivity contribution in [2.24, 2.45) is 5.41 Å². The highest BCUT2D eigenvalue weighted by molar-refractivity contribution is 7.95. The van der Waals surface area contributed by atoms with Crippen molar-refractivity contribution >= 4 is 17.8 Å². The molecule has 0 saturated carbocycles. The molecule has 0 aliphatic carbocycles. The van der Waals surface area contributed by atoms with Crippen molar-refractivity contribution in [1.82, 2.24) is 0 Å². The lowest BCUT2D eigenvalue weighted by Crippen LogP contribution is -2.27. The molecule has 2 aromatic rings. The number of Topliss-reactive ketones (excluding diaryl/α,β-unsaturated/α-hetero) is 1. The Labute approximate surface area is 199 Å². The van der Waals surface area contributed by atoms with Gasteiger partial charge in [-0.15, -0.1) is 0 Å². The second-order valence-electron chi connectivity index (χ2n) is 9.32. The van der Waals surface area contributed by atoms with E-state index in [4.69, 9.17) is 8.92 Å². The average molecular weight is 483 g/mol. The van der Waals surface area contributed by atoms with E-state index >= 15 is 0 Å². The third-order valence-electron chi connectivity index (χ3n) is 6.08. The van der Waals surface area contributed by atoms with Crippen LogP contribution in [0.15, 0.2) is 36.4 Å². The van der Waals surface area contributed by atoms with Crippen LogP contribution in [-0.4, -0.2) is 17.9 Å². The molecule has 0 spiro atoms. The molecule has 0 unspecified atom stereocenters. The van der Waals surface area contributed by atoms with Gasteiger partial charge in [0.2, 0.25) is 0 Å². The Morgan fingerprint density at radius 3 is 1.76 bits per heavy atom. The molecule has 0 aliphatic heterocycles. The summed E-state index contributed by atoms with van der Waals surface area (Å²) in [5.74, 6) is 0.899. The van der Waals surface area contributed by atoms with Crippen molar-refractivity contribution < 1.29 is 26.9 Å². The van der Waals surface area contributed by atoms with Crippen molar-refractivity contribution in [3.8, 4) is 11.5 Å². The molecule has 2 rings (SSSR count). The highest BCUT2D eigenvalue weighted by Crippen LogP contribution is 2.42. The van der Waals surface area contributed by atoms with Gasteiger partial charge in [0.25, 0.3) is 0 Å². The summed E-state index contributed by atoms with van der Waals surface area (Å²) in [7, 11) is 0. The third-order valence-corrected chi connectivity index (χ3v) is 6.54. The van der Waals surface area contributed by atoms with Gasteiger partial charge in [-0.3, -0.25) is 4.79 Å². The van der Waals surface area contributed by atoms with Crippen molar-refractivity contribution in [2.45, 2.75) is 72.2 Å². The minimum absolute atomic E-state index is 0.0208. The fraction of sp³-hybridized carbons (Fsp3) is 0.500. The van der Waals surface area contributed by atoms with Gasteiger partial charge in [-0.1, -0.05) is 58.9 Å². The molecule has 7 heteroatoms. The van der Waals surface area contributed by atoms with E-state index in [-0.39, 0.29) is 23.6 Å². The van der Waals surface area contributed by atoms with Gasteiger partial charge in [-0.25, -0.2) is 0 Å². The number of benzene rings is 2. The van der Waals surface area contributed by atoms with Gasteiger partial charge in [0.05, 0.1) is 0 Å². The number of ether oxygens (including phenoxy) is 1. The first-order chi connectivity index (χ1) is 15.2. The zero-order valence-corrected chi connectivity index (χ0v) is 21.2. The molecule has 0 bridgehead atoms. The van der Waals surface area contributed by atoms with E-state index in [0.717, 1.165) is 29.5 Å². The smallest absolute Gasteiger partial charge is 0.479 e. The Kier molecular flexibility index (Phi) is 8.55. The molecule has 0 N–H and O–H groups in total. The lowest BCUT2D eigenvalue weighted by Gasteiger charge is -2.34. The van der Waals surface area contributed by atoms with E-state index in [1.807, 2.05) is 52.0 Å². The molecule has 33 heavy (non-hydrogen) atoms. The maximum Gasteiger partial charge on any atom is 0.479 e. The number of rotatable bonds is 9. The number of halogens is 3. The van der Waals surface area contributed by atoms with Crippen LogP contribution in [0.4, 0.5) is 13.2 Å². The predicted octanol–water partition coefficient (Wildman–Crippen LogP) is 7.95. The van der Waals surface area contributed by atoms with Gasteiger partial charge < -0.3 is 8.92 Å². The van der Waals surface area contributed by atoms with Gasteiger partial charge in [-0.2, -0.15) is 13.2 Å². The van der Waals surface area contributed by atoms with Crippen LogP contribution in [0.2, 0.25) is 0 Å². The van der Waals surface area contributed by atoms with Crippen molar-refractivity contribution in [2.75, 3.05) is 6.61 Å². The van der Waals surface area contributed by atoms with Crippen LogP contribution in [0, 0.1) is 19.3 Å². The number of aryl methyl sites for hydroxylation is 2. The third kappa shape index (κ3) is 6.69. The Bertz CT molecular complexity index is 974. The first kappa shape index (κ1) is 27.1. The maximum absolute atomic E-state index is 12.5. The second-order valence-corrected chi connectivity index (χ2v) is 10.1. The van der Waals surface area contributed by atoms with Crippen molar-refractivity contribution in [3.63, 3.8) is 0 Å². The van der Waals surface area contributed by atoms with Gasteiger partial charge in [0.1, 0.15) is 18.1 Å². The molecule has 0 heterocycles. The molecule has 0 radical (unpaired) electrons. The summed E-state index contributed by atoms with van der Waals surface area (Å²) in [5, 5.41) is 0. The molecule has 0 aliphatic rings. The summed E-state index contributed by atoms with van der Waals surface area (Å²) in [5.41, 5.74) is -1.54. The van der Waals surface area contributed by atoms with Crippen LogP contribution in [0.5, 0.6) is 11.5 Å². The van der Waals surface area contributed by atoms with E-state index < -0.39 is 23.0 Å². The number of alkyl halides is 3. The highest BCUT2D eigenvalue weighted by Gasteiger charge is 2.33. The topological polar surface area (TPSA) is 35.5 Å². The van der Waals surface area contributed by atoms with E-state index in [2.05, 4.69) is 19.9 Å². The minimum Gasteiger partial charge on any atom is -0.486 e. The molecular weight excluding hydrogens is 449 g/mol. The molecule has 0 amide bonds. The quantitative estimate of drug-likeness (QED) is 0.340. The zero-order valence-electron chi connectivity index (χ0n) is 20.4. The monoisotopic (exact) mass is 482 g/mol. The van der Waals surface area contributed by atoms with Gasteiger partial charge in [0.15, 0.2) is 17.8 Å². The number of hydrogen-bond donors (Lipinski definition) is 0. The average Bonchev–Trinajstić information content (AvgIpc) is 2.72. The number of ketones is 1. The van der Waals surface area contributed by atoms with Crippen LogP contribution in [0.1, 0.15) is 69.7 Å². The van der Waals surface area contributed by atoms with Crippen LogP contribution >= 0.6 is 12.0 Å². The molecular formula is C26H33F3O3S. The zero-order chi connectivity index (χ0) is 25.0. The first-order valence-corrected chi connectivity index (χ1v) is 11.8. The van der Waals surface area contributed by atoms with Crippen LogP contribution in [0.3, 0.4) is 0 Å². The molecule has 0 atom stereocenters. The fourth-order valence-electron chi connectivity index (χ4n) is 3.83. The summed E-state index contributed by atoms with van der Waals surface area (Å²) in [4.78, 5) is 12.2. The van der Waals surface area contributed by atoms with Gasteiger partial charge >= 0.3 is 5.51 Å². The largest absolute Gasteiger partial charge is 0.486 e. The highest BCUT2D eigenvalue weighted by atomic mass is 32.2. The number of hydrogen-bond acceptors (Lipinski definition) is 4. The Morgan fingerprint density at radius 2 is 1.36 bits per heavy atom. The summed E-state index contributed by atoms with van der Waals surface area (Å²) in [6.07, 6.45) is 1.62. The molecule has 3 nitrogen and oxygen atoms in total. The maximum atomic E-state index is 12.5. The SMILES string of the molecule is CCC(CC)(c1ccc(OCC(=O)C(C)(C)C)c(C)c1)c1ccc(OSC(F)(F)F)c(C)c1. The van der Waals surface area contributed by atoms with Crippen LogP contribution in [0.25, 0.3) is 0 Å². The summed E-state index contributed by atoms with van der Waals surface area (Å²) in [6.45, 7) is 13.5. The molecule has 182 valence electrons. The Balaban J connectivity index is 2.34. The van der Waals surface area contributed by atoms with E-state index in [0.29, 0.717) is 11.3 Å². The normalized spacial score (nSPS) is 12.5.